The summed E-state index contributed by atoms with van der Waals surface area (Å²) in [5, 5.41) is 13.5. The Morgan fingerprint density at radius 1 is 0.919 bits per heavy atom. The first-order valence-electron chi connectivity index (χ1n) is 13.6. The molecule has 1 heterocycles. The molecule has 0 saturated carbocycles. The predicted octanol–water partition coefficient (Wildman–Crippen LogP) is 8.37. The van der Waals surface area contributed by atoms with Gasteiger partial charge >= 0.3 is 0 Å². The number of hydrogen-bond donors (Lipinski definition) is 1. The van der Waals surface area contributed by atoms with Crippen molar-refractivity contribution in [3.8, 4) is 5.69 Å². The van der Waals surface area contributed by atoms with E-state index in [4.69, 9.17) is 11.6 Å². The van der Waals surface area contributed by atoms with Gasteiger partial charge in [0.05, 0.1) is 12.2 Å². The van der Waals surface area contributed by atoms with Crippen molar-refractivity contribution in [2.24, 2.45) is 0 Å². The van der Waals surface area contributed by atoms with Crippen LogP contribution < -0.4 is 5.32 Å². The van der Waals surface area contributed by atoms with E-state index < -0.39 is 0 Å². The summed E-state index contributed by atoms with van der Waals surface area (Å²) in [7, 11) is 0. The topological polar surface area (TPSA) is 59.8 Å². The quantitative estimate of drug-likeness (QED) is 0.146. The lowest BCUT2D eigenvalue weighted by molar-refractivity contribution is -0.121. The normalized spacial score (nSPS) is 11.1. The average Bonchev–Trinajstić information content (AvgIpc) is 3.30. The van der Waals surface area contributed by atoms with Gasteiger partial charge in [-0.3, -0.25) is 9.36 Å². The van der Waals surface area contributed by atoms with Gasteiger partial charge in [-0.05, 0) is 49.1 Å². The number of benzene rings is 2. The molecule has 0 bridgehead atoms. The van der Waals surface area contributed by atoms with Crippen molar-refractivity contribution in [1.82, 2.24) is 20.1 Å². The summed E-state index contributed by atoms with van der Waals surface area (Å²) in [4.78, 5) is 12.6. The van der Waals surface area contributed by atoms with Crippen molar-refractivity contribution in [2.75, 3.05) is 0 Å². The Balaban J connectivity index is 1.58. The highest BCUT2D eigenvalue weighted by atomic mass is 35.5. The molecule has 0 spiro atoms. The van der Waals surface area contributed by atoms with Gasteiger partial charge in [-0.2, -0.15) is 0 Å². The van der Waals surface area contributed by atoms with E-state index >= 15 is 0 Å². The number of carbonyl (C=O) groups excluding carboxylic acids is 1. The molecule has 0 aliphatic carbocycles. The fraction of sp³-hybridized carbons (Fsp3) is 0.500. The van der Waals surface area contributed by atoms with Gasteiger partial charge in [0.1, 0.15) is 0 Å². The molecule has 5 nitrogen and oxygen atoms in total. The van der Waals surface area contributed by atoms with Crippen LogP contribution in [0.25, 0.3) is 5.69 Å². The molecular formula is C30H41ClN4OS. The van der Waals surface area contributed by atoms with Crippen LogP contribution in [0.2, 0.25) is 5.02 Å². The fourth-order valence-corrected chi connectivity index (χ4v) is 5.56. The minimum absolute atomic E-state index is 0.0643. The molecule has 3 aromatic rings. The molecule has 0 atom stereocenters. The zero-order chi connectivity index (χ0) is 26.5. The Hall–Kier alpha value is -2.31. The molecule has 0 radical (unpaired) electrons. The van der Waals surface area contributed by atoms with Crippen LogP contribution in [0.1, 0.15) is 93.6 Å². The third kappa shape index (κ3) is 9.50. The van der Waals surface area contributed by atoms with Crippen LogP contribution >= 0.6 is 23.4 Å². The molecule has 0 aliphatic heterocycles. The number of unbranched alkanes of at least 4 members (excludes halogenated alkanes) is 8. The molecule has 0 unspecified atom stereocenters. The van der Waals surface area contributed by atoms with Crippen molar-refractivity contribution < 1.29 is 4.79 Å². The number of nitrogens with one attached hydrogen (secondary N) is 1. The maximum absolute atomic E-state index is 12.6. The van der Waals surface area contributed by atoms with Crippen molar-refractivity contribution in [3.63, 3.8) is 0 Å². The third-order valence-corrected chi connectivity index (χ3v) is 7.89. The van der Waals surface area contributed by atoms with E-state index in [2.05, 4.69) is 53.6 Å². The Labute approximate surface area is 231 Å². The molecule has 3 rings (SSSR count). The van der Waals surface area contributed by atoms with Crippen molar-refractivity contribution in [2.45, 2.75) is 102 Å². The number of aryl methyl sites for hydroxylation is 2. The SMILES string of the molecule is CCCCCCCCCCCC(=O)NCc1nnc(SCc2ccccc2C)n1-c1cc(Cl)ccc1C. The number of hydrogen-bond acceptors (Lipinski definition) is 4. The molecule has 0 saturated heterocycles. The van der Waals surface area contributed by atoms with E-state index in [1.54, 1.807) is 11.8 Å². The number of amides is 1. The monoisotopic (exact) mass is 540 g/mol. The zero-order valence-corrected chi connectivity index (χ0v) is 24.1. The van der Waals surface area contributed by atoms with Crippen LogP contribution in [0.5, 0.6) is 0 Å². The van der Waals surface area contributed by atoms with Gasteiger partial charge in [-0.25, -0.2) is 0 Å². The largest absolute Gasteiger partial charge is 0.349 e. The lowest BCUT2D eigenvalue weighted by atomic mass is 10.1. The molecule has 1 aromatic heterocycles. The van der Waals surface area contributed by atoms with Gasteiger partial charge in [0.2, 0.25) is 5.91 Å². The maximum Gasteiger partial charge on any atom is 0.220 e. The number of rotatable bonds is 16. The fourth-order valence-electron chi connectivity index (χ4n) is 4.35. The second-order valence-corrected chi connectivity index (χ2v) is 11.1. The Kier molecular flexibility index (Phi) is 12.5. The Morgan fingerprint density at radius 3 is 2.35 bits per heavy atom. The molecule has 1 amide bonds. The summed E-state index contributed by atoms with van der Waals surface area (Å²) in [5.41, 5.74) is 4.53. The number of carbonyl (C=O) groups is 1. The van der Waals surface area contributed by atoms with Crippen molar-refractivity contribution in [1.29, 1.82) is 0 Å². The number of nitrogens with zero attached hydrogens (tertiary/aromatic N) is 3. The molecule has 37 heavy (non-hydrogen) atoms. The van der Waals surface area contributed by atoms with Gasteiger partial charge in [0.15, 0.2) is 11.0 Å². The molecular weight excluding hydrogens is 500 g/mol. The van der Waals surface area contributed by atoms with Gasteiger partial charge in [0, 0.05) is 17.2 Å². The first-order chi connectivity index (χ1) is 18.0. The average molecular weight is 541 g/mol. The first kappa shape index (κ1) is 29.2. The molecule has 0 fully saturated rings. The summed E-state index contributed by atoms with van der Waals surface area (Å²) in [5.74, 6) is 1.56. The maximum atomic E-state index is 12.6. The van der Waals surface area contributed by atoms with E-state index in [0.29, 0.717) is 23.8 Å². The van der Waals surface area contributed by atoms with Gasteiger partial charge < -0.3 is 5.32 Å². The lowest BCUT2D eigenvalue weighted by Gasteiger charge is -2.14. The van der Waals surface area contributed by atoms with Crippen molar-refractivity contribution >= 4 is 29.3 Å². The molecule has 2 aromatic carbocycles. The Bertz CT molecular complexity index is 1130. The van der Waals surface area contributed by atoms with E-state index in [1.165, 1.54) is 56.1 Å². The van der Waals surface area contributed by atoms with E-state index in [9.17, 15) is 4.79 Å². The van der Waals surface area contributed by atoms with Crippen LogP contribution in [0.3, 0.4) is 0 Å². The van der Waals surface area contributed by atoms with Gasteiger partial charge in [0.25, 0.3) is 0 Å². The standard InChI is InChI=1S/C30H41ClN4OS/c1-4-5-6-7-8-9-10-11-12-17-29(36)32-21-28-33-34-30(37-22-25-16-14-13-15-23(25)2)35(28)27-20-26(31)19-18-24(27)3/h13-16,18-20H,4-12,17,21-22H2,1-3H3,(H,32,36). The second-order valence-electron chi connectivity index (χ2n) is 9.74. The van der Waals surface area contributed by atoms with Gasteiger partial charge in [-0.1, -0.05) is 112 Å². The van der Waals surface area contributed by atoms with Crippen LogP contribution in [0.4, 0.5) is 0 Å². The minimum Gasteiger partial charge on any atom is -0.349 e. The molecule has 200 valence electrons. The molecule has 7 heteroatoms. The number of thioether (sulfide) groups is 1. The lowest BCUT2D eigenvalue weighted by Crippen LogP contribution is -2.24. The zero-order valence-electron chi connectivity index (χ0n) is 22.6. The van der Waals surface area contributed by atoms with E-state index in [-0.39, 0.29) is 5.91 Å². The van der Waals surface area contributed by atoms with Crippen LogP contribution in [-0.2, 0) is 17.1 Å². The van der Waals surface area contributed by atoms with Gasteiger partial charge in [-0.15, -0.1) is 10.2 Å². The summed E-state index contributed by atoms with van der Waals surface area (Å²) < 4.78 is 2.03. The van der Waals surface area contributed by atoms with Crippen LogP contribution in [0, 0.1) is 13.8 Å². The predicted molar refractivity (Wildman–Crippen MR) is 156 cm³/mol. The Morgan fingerprint density at radius 2 is 1.62 bits per heavy atom. The summed E-state index contributed by atoms with van der Waals surface area (Å²) in [6, 6.07) is 14.2. The summed E-state index contributed by atoms with van der Waals surface area (Å²) in [6.07, 6.45) is 11.7. The highest BCUT2D eigenvalue weighted by molar-refractivity contribution is 7.98. The molecule has 0 aliphatic rings. The van der Waals surface area contributed by atoms with Crippen LogP contribution in [0.15, 0.2) is 47.6 Å². The second kappa shape index (κ2) is 15.8. The van der Waals surface area contributed by atoms with Crippen molar-refractivity contribution in [3.05, 3.63) is 70.0 Å². The third-order valence-electron chi connectivity index (χ3n) is 6.68. The summed E-state index contributed by atoms with van der Waals surface area (Å²) in [6.45, 7) is 6.75. The summed E-state index contributed by atoms with van der Waals surface area (Å²) >= 11 is 7.99. The minimum atomic E-state index is 0.0643. The van der Waals surface area contributed by atoms with E-state index in [1.807, 2.05) is 29.7 Å². The first-order valence-corrected chi connectivity index (χ1v) is 15.0. The number of halogens is 1. The van der Waals surface area contributed by atoms with E-state index in [0.717, 1.165) is 35.0 Å². The van der Waals surface area contributed by atoms with Crippen LogP contribution in [-0.4, -0.2) is 20.7 Å². The smallest absolute Gasteiger partial charge is 0.220 e. The highest BCUT2D eigenvalue weighted by Crippen LogP contribution is 2.29. The number of aromatic nitrogens is 3. The highest BCUT2D eigenvalue weighted by Gasteiger charge is 2.17. The molecule has 1 N–H and O–H groups in total.